The van der Waals surface area contributed by atoms with Crippen LogP contribution in [0, 0.1) is 5.92 Å². The van der Waals surface area contributed by atoms with E-state index in [1.165, 1.54) is 12.0 Å². The smallest absolute Gasteiger partial charge is 0.231 e. The Balaban J connectivity index is 2.25. The van der Waals surface area contributed by atoms with Crippen molar-refractivity contribution in [1.82, 2.24) is 4.90 Å². The second-order valence-corrected chi connectivity index (χ2v) is 6.44. The average molecular weight is 357 g/mol. The summed E-state index contributed by atoms with van der Waals surface area (Å²) in [6, 6.07) is 4.36. The van der Waals surface area contributed by atoms with Crippen LogP contribution in [0.5, 0.6) is 11.5 Å². The van der Waals surface area contributed by atoms with Crippen molar-refractivity contribution in [3.63, 3.8) is 0 Å². The molecule has 4 nitrogen and oxygen atoms in total. The maximum atomic E-state index is 6.06. The largest absolute Gasteiger partial charge is 0.454 e. The highest BCUT2D eigenvalue weighted by Gasteiger charge is 2.24. The van der Waals surface area contributed by atoms with Crippen molar-refractivity contribution in [3.8, 4) is 11.5 Å². The third-order valence-electron chi connectivity index (χ3n) is 4.15. The molecule has 21 heavy (non-hydrogen) atoms. The summed E-state index contributed by atoms with van der Waals surface area (Å²) in [7, 11) is 0. The Morgan fingerprint density at radius 1 is 1.33 bits per heavy atom. The summed E-state index contributed by atoms with van der Waals surface area (Å²) in [6.07, 6.45) is 1.18. The maximum Gasteiger partial charge on any atom is 0.231 e. The van der Waals surface area contributed by atoms with E-state index >= 15 is 0 Å². The fraction of sp³-hybridized carbons (Fsp3) is 0.625. The van der Waals surface area contributed by atoms with Gasteiger partial charge in [0.05, 0.1) is 4.47 Å². The third-order valence-corrected chi connectivity index (χ3v) is 4.74. The van der Waals surface area contributed by atoms with Gasteiger partial charge in [-0.15, -0.1) is 0 Å². The van der Waals surface area contributed by atoms with E-state index in [2.05, 4.69) is 53.7 Å². The summed E-state index contributed by atoms with van der Waals surface area (Å²) in [5.74, 6) is 2.26. The fourth-order valence-electron chi connectivity index (χ4n) is 2.68. The molecule has 5 heteroatoms. The van der Waals surface area contributed by atoms with E-state index in [-0.39, 0.29) is 12.8 Å². The van der Waals surface area contributed by atoms with E-state index in [1.807, 2.05) is 0 Å². The van der Waals surface area contributed by atoms with Gasteiger partial charge in [-0.25, -0.2) is 0 Å². The van der Waals surface area contributed by atoms with E-state index in [1.54, 1.807) is 0 Å². The molecular formula is C16H25BrN2O2. The molecule has 0 amide bonds. The first-order valence-corrected chi connectivity index (χ1v) is 8.43. The molecule has 2 unspecified atom stereocenters. The highest BCUT2D eigenvalue weighted by Crippen LogP contribution is 2.41. The van der Waals surface area contributed by atoms with Crippen LogP contribution in [0.15, 0.2) is 16.6 Å². The maximum absolute atomic E-state index is 6.06. The molecular weight excluding hydrogens is 332 g/mol. The quantitative estimate of drug-likeness (QED) is 0.811. The van der Waals surface area contributed by atoms with Crippen molar-refractivity contribution in [2.75, 3.05) is 26.4 Å². The van der Waals surface area contributed by atoms with Gasteiger partial charge in [0.15, 0.2) is 11.5 Å². The topological polar surface area (TPSA) is 47.7 Å². The Morgan fingerprint density at radius 3 is 2.71 bits per heavy atom. The summed E-state index contributed by atoms with van der Waals surface area (Å²) in [5.41, 5.74) is 7.24. The molecule has 0 fully saturated rings. The normalized spacial score (nSPS) is 16.3. The van der Waals surface area contributed by atoms with Gasteiger partial charge in [0.1, 0.15) is 0 Å². The number of fused-ring (bicyclic) bond motifs is 1. The van der Waals surface area contributed by atoms with Crippen LogP contribution in [0.3, 0.4) is 0 Å². The van der Waals surface area contributed by atoms with Crippen molar-refractivity contribution in [2.45, 2.75) is 33.2 Å². The first-order valence-electron chi connectivity index (χ1n) is 7.63. The zero-order valence-corrected chi connectivity index (χ0v) is 14.6. The van der Waals surface area contributed by atoms with Gasteiger partial charge in [0, 0.05) is 19.1 Å². The first kappa shape index (κ1) is 16.6. The highest BCUT2D eigenvalue weighted by atomic mass is 79.9. The molecule has 2 atom stereocenters. The summed E-state index contributed by atoms with van der Waals surface area (Å²) < 4.78 is 11.9. The van der Waals surface area contributed by atoms with Crippen LogP contribution in [-0.4, -0.2) is 31.3 Å². The predicted molar refractivity (Wildman–Crippen MR) is 88.8 cm³/mol. The van der Waals surface area contributed by atoms with Gasteiger partial charge in [0.25, 0.3) is 0 Å². The Bertz CT molecular complexity index is 482. The molecule has 1 heterocycles. The number of likely N-dealkylation sites (N-methyl/N-ethyl adjacent to an activating group) is 1. The Hall–Kier alpha value is -0.780. The molecule has 118 valence electrons. The zero-order chi connectivity index (χ0) is 15.4. The van der Waals surface area contributed by atoms with Crippen molar-refractivity contribution in [2.24, 2.45) is 11.7 Å². The summed E-state index contributed by atoms with van der Waals surface area (Å²) >= 11 is 3.57. The molecule has 1 aliphatic heterocycles. The van der Waals surface area contributed by atoms with Crippen LogP contribution in [0.25, 0.3) is 0 Å². The lowest BCUT2D eigenvalue weighted by molar-refractivity contribution is 0.172. The second kappa shape index (κ2) is 7.47. The molecule has 1 aromatic carbocycles. The molecule has 1 aromatic rings. The van der Waals surface area contributed by atoms with Gasteiger partial charge in [-0.05, 0) is 46.1 Å². The SMILES string of the molecule is CCC(C)CN(CC)C(CN)c1cc(Br)c2c(c1)OCO2. The highest BCUT2D eigenvalue weighted by molar-refractivity contribution is 9.10. The fourth-order valence-corrected chi connectivity index (χ4v) is 3.26. The zero-order valence-electron chi connectivity index (χ0n) is 13.1. The minimum atomic E-state index is 0.204. The first-order chi connectivity index (χ1) is 10.1. The number of halogens is 1. The van der Waals surface area contributed by atoms with Crippen LogP contribution < -0.4 is 15.2 Å². The van der Waals surface area contributed by atoms with Crippen molar-refractivity contribution < 1.29 is 9.47 Å². The second-order valence-electron chi connectivity index (χ2n) is 5.59. The minimum absolute atomic E-state index is 0.204. The summed E-state index contributed by atoms with van der Waals surface area (Å²) in [4.78, 5) is 2.44. The number of rotatable bonds is 7. The van der Waals surface area contributed by atoms with Crippen molar-refractivity contribution >= 4 is 15.9 Å². The lowest BCUT2D eigenvalue weighted by atomic mass is 10.0. The number of hydrogen-bond donors (Lipinski definition) is 1. The Morgan fingerprint density at radius 2 is 2.10 bits per heavy atom. The average Bonchev–Trinajstić information content (AvgIpc) is 2.95. The molecule has 2 rings (SSSR count). The monoisotopic (exact) mass is 356 g/mol. The number of nitrogens with zero attached hydrogens (tertiary/aromatic N) is 1. The van der Waals surface area contributed by atoms with Crippen LogP contribution >= 0.6 is 15.9 Å². The van der Waals surface area contributed by atoms with E-state index in [9.17, 15) is 0 Å². The lowest BCUT2D eigenvalue weighted by Crippen LogP contribution is -2.36. The van der Waals surface area contributed by atoms with Crippen LogP contribution in [0.4, 0.5) is 0 Å². The van der Waals surface area contributed by atoms with E-state index in [4.69, 9.17) is 15.2 Å². The molecule has 0 radical (unpaired) electrons. The van der Waals surface area contributed by atoms with Crippen LogP contribution in [0.2, 0.25) is 0 Å². The van der Waals surface area contributed by atoms with Gasteiger partial charge < -0.3 is 15.2 Å². The van der Waals surface area contributed by atoms with Gasteiger partial charge in [-0.3, -0.25) is 4.90 Å². The Labute approximate surface area is 135 Å². The number of benzene rings is 1. The lowest BCUT2D eigenvalue weighted by Gasteiger charge is -2.32. The summed E-state index contributed by atoms with van der Waals surface area (Å²) in [6.45, 7) is 9.62. The molecule has 0 spiro atoms. The molecule has 1 aliphatic rings. The summed E-state index contributed by atoms with van der Waals surface area (Å²) in [5, 5.41) is 0. The van der Waals surface area contributed by atoms with Gasteiger partial charge in [-0.1, -0.05) is 27.2 Å². The number of nitrogens with two attached hydrogens (primary N) is 1. The molecule has 0 saturated carbocycles. The minimum Gasteiger partial charge on any atom is -0.454 e. The van der Waals surface area contributed by atoms with Crippen LogP contribution in [0.1, 0.15) is 38.8 Å². The van der Waals surface area contributed by atoms with E-state index in [0.717, 1.165) is 29.1 Å². The van der Waals surface area contributed by atoms with E-state index < -0.39 is 0 Å². The van der Waals surface area contributed by atoms with E-state index in [0.29, 0.717) is 12.5 Å². The number of ether oxygens (including phenoxy) is 2. The van der Waals surface area contributed by atoms with Crippen LogP contribution in [-0.2, 0) is 0 Å². The predicted octanol–water partition coefficient (Wildman–Crippen LogP) is 3.55. The molecule has 0 aliphatic carbocycles. The Kier molecular flexibility index (Phi) is 5.90. The third kappa shape index (κ3) is 3.71. The van der Waals surface area contributed by atoms with Gasteiger partial charge >= 0.3 is 0 Å². The van der Waals surface area contributed by atoms with Crippen molar-refractivity contribution in [1.29, 1.82) is 0 Å². The number of hydrogen-bond acceptors (Lipinski definition) is 4. The van der Waals surface area contributed by atoms with Gasteiger partial charge in [-0.2, -0.15) is 0 Å². The molecule has 0 bridgehead atoms. The molecule has 0 saturated heterocycles. The van der Waals surface area contributed by atoms with Gasteiger partial charge in [0.2, 0.25) is 6.79 Å². The molecule has 0 aromatic heterocycles. The molecule has 2 N–H and O–H groups in total. The van der Waals surface area contributed by atoms with Crippen molar-refractivity contribution in [3.05, 3.63) is 22.2 Å². The standard InChI is InChI=1S/C16H25BrN2O2/c1-4-11(3)9-19(5-2)14(8-18)12-6-13(17)16-15(7-12)20-10-21-16/h6-7,11,14H,4-5,8-10,18H2,1-3H3.